The Labute approximate surface area is 146 Å². The first-order valence-corrected chi connectivity index (χ1v) is 8.69. The number of anilines is 2. The SMILES string of the molecule is CN(C)c1nc2sc(C(=O)Nc3cccc(OCC#N)c3)cc2s1. The maximum Gasteiger partial charge on any atom is 0.265 e. The van der Waals surface area contributed by atoms with Crippen molar-refractivity contribution in [2.45, 2.75) is 0 Å². The largest absolute Gasteiger partial charge is 0.479 e. The van der Waals surface area contributed by atoms with Gasteiger partial charge in [-0.25, -0.2) is 4.98 Å². The van der Waals surface area contributed by atoms with E-state index in [4.69, 9.17) is 10.00 Å². The van der Waals surface area contributed by atoms with Crippen LogP contribution in [0.5, 0.6) is 5.75 Å². The second-order valence-corrected chi connectivity index (χ2v) is 7.14. The van der Waals surface area contributed by atoms with E-state index in [1.54, 1.807) is 35.6 Å². The zero-order chi connectivity index (χ0) is 17.1. The summed E-state index contributed by atoms with van der Waals surface area (Å²) in [4.78, 5) is 20.3. The number of ether oxygens (including phenoxy) is 1. The van der Waals surface area contributed by atoms with Crippen LogP contribution in [-0.2, 0) is 0 Å². The van der Waals surface area contributed by atoms with Gasteiger partial charge >= 0.3 is 0 Å². The fraction of sp³-hybridized carbons (Fsp3) is 0.188. The third-order valence-corrected chi connectivity index (χ3v) is 5.41. The highest BCUT2D eigenvalue weighted by molar-refractivity contribution is 7.29. The number of amides is 1. The van der Waals surface area contributed by atoms with Crippen LogP contribution in [-0.4, -0.2) is 31.6 Å². The number of nitrogens with zero attached hydrogens (tertiary/aromatic N) is 3. The molecule has 1 aromatic carbocycles. The molecule has 6 nitrogen and oxygen atoms in total. The number of thiophene rings is 1. The predicted molar refractivity (Wildman–Crippen MR) is 97.3 cm³/mol. The molecule has 2 heterocycles. The van der Waals surface area contributed by atoms with E-state index in [0.717, 1.165) is 14.7 Å². The average molecular weight is 358 g/mol. The zero-order valence-corrected chi connectivity index (χ0v) is 14.7. The molecule has 8 heteroatoms. The van der Waals surface area contributed by atoms with Crippen LogP contribution in [0.1, 0.15) is 9.67 Å². The number of hydrogen-bond acceptors (Lipinski definition) is 7. The summed E-state index contributed by atoms with van der Waals surface area (Å²) in [6, 6.07) is 10.7. The summed E-state index contributed by atoms with van der Waals surface area (Å²) in [6.07, 6.45) is 0. The van der Waals surface area contributed by atoms with E-state index >= 15 is 0 Å². The van der Waals surface area contributed by atoms with Crippen molar-refractivity contribution in [3.8, 4) is 11.8 Å². The first kappa shape index (κ1) is 16.2. The Morgan fingerprint density at radius 2 is 2.21 bits per heavy atom. The molecule has 0 saturated carbocycles. The number of thiazole rings is 1. The van der Waals surface area contributed by atoms with Gasteiger partial charge in [0.2, 0.25) is 0 Å². The Hall–Kier alpha value is -2.63. The molecule has 0 atom stereocenters. The van der Waals surface area contributed by atoms with E-state index in [9.17, 15) is 4.79 Å². The lowest BCUT2D eigenvalue weighted by Gasteiger charge is -2.06. The molecule has 3 rings (SSSR count). The molecule has 0 saturated heterocycles. The fourth-order valence-corrected chi connectivity index (χ4v) is 4.03. The van der Waals surface area contributed by atoms with Crippen LogP contribution in [0, 0.1) is 11.3 Å². The number of fused-ring (bicyclic) bond motifs is 1. The minimum Gasteiger partial charge on any atom is -0.479 e. The molecule has 3 aromatic rings. The second kappa shape index (κ2) is 6.86. The van der Waals surface area contributed by atoms with Crippen LogP contribution in [0.3, 0.4) is 0 Å². The Balaban J connectivity index is 1.75. The Morgan fingerprint density at radius 3 is 2.92 bits per heavy atom. The lowest BCUT2D eigenvalue weighted by atomic mass is 10.3. The number of carbonyl (C=O) groups excluding carboxylic acids is 1. The molecule has 0 spiro atoms. The molecule has 0 fully saturated rings. The first-order chi connectivity index (χ1) is 11.6. The standard InChI is InChI=1S/C16H14N4O2S2/c1-20(2)16-19-15-13(24-16)9-12(23-15)14(21)18-10-4-3-5-11(8-10)22-7-6-17/h3-5,8-9H,7H2,1-2H3,(H,18,21). The molecule has 2 aromatic heterocycles. The van der Waals surface area contributed by atoms with Gasteiger partial charge in [-0.05, 0) is 18.2 Å². The third-order valence-electron chi connectivity index (χ3n) is 3.08. The Bertz CT molecular complexity index is 892. The van der Waals surface area contributed by atoms with Crippen LogP contribution < -0.4 is 15.0 Å². The number of nitrogens with one attached hydrogen (secondary N) is 1. The molecule has 0 aliphatic heterocycles. The van der Waals surface area contributed by atoms with Crippen LogP contribution in [0.2, 0.25) is 0 Å². The van der Waals surface area contributed by atoms with Crippen molar-refractivity contribution in [3.63, 3.8) is 0 Å². The van der Waals surface area contributed by atoms with E-state index in [1.165, 1.54) is 11.3 Å². The van der Waals surface area contributed by atoms with Crippen molar-refractivity contribution in [1.29, 1.82) is 5.26 Å². The summed E-state index contributed by atoms with van der Waals surface area (Å²) in [5.74, 6) is 0.354. The predicted octanol–water partition coefficient (Wildman–Crippen LogP) is 3.58. The van der Waals surface area contributed by atoms with E-state index in [0.29, 0.717) is 16.3 Å². The lowest BCUT2D eigenvalue weighted by Crippen LogP contribution is -2.10. The summed E-state index contributed by atoms with van der Waals surface area (Å²) in [6.45, 7) is -0.0293. The summed E-state index contributed by atoms with van der Waals surface area (Å²) < 4.78 is 6.23. The van der Waals surface area contributed by atoms with Crippen LogP contribution in [0.15, 0.2) is 30.3 Å². The molecule has 0 unspecified atom stereocenters. The smallest absolute Gasteiger partial charge is 0.265 e. The first-order valence-electron chi connectivity index (χ1n) is 7.05. The van der Waals surface area contributed by atoms with Gasteiger partial charge in [-0.15, -0.1) is 11.3 Å². The highest BCUT2D eigenvalue weighted by Gasteiger charge is 2.15. The number of carbonyl (C=O) groups is 1. The maximum absolute atomic E-state index is 12.4. The molecule has 122 valence electrons. The van der Waals surface area contributed by atoms with Gasteiger partial charge in [-0.2, -0.15) is 5.26 Å². The lowest BCUT2D eigenvalue weighted by molar-refractivity contribution is 0.103. The van der Waals surface area contributed by atoms with Crippen LogP contribution in [0.4, 0.5) is 10.8 Å². The number of aromatic nitrogens is 1. The van der Waals surface area contributed by atoms with Crippen molar-refractivity contribution in [3.05, 3.63) is 35.2 Å². The highest BCUT2D eigenvalue weighted by atomic mass is 32.1. The van der Waals surface area contributed by atoms with Gasteiger partial charge in [-0.3, -0.25) is 4.79 Å². The number of benzene rings is 1. The third kappa shape index (κ3) is 3.48. The summed E-state index contributed by atoms with van der Waals surface area (Å²) >= 11 is 2.92. The second-order valence-electron chi connectivity index (χ2n) is 5.10. The molecular weight excluding hydrogens is 344 g/mol. The topological polar surface area (TPSA) is 78.2 Å². The van der Waals surface area contributed by atoms with Crippen molar-refractivity contribution in [2.75, 3.05) is 30.9 Å². The molecular formula is C16H14N4O2S2. The van der Waals surface area contributed by atoms with E-state index in [1.807, 2.05) is 31.1 Å². The minimum atomic E-state index is -0.186. The van der Waals surface area contributed by atoms with Gasteiger partial charge in [0, 0.05) is 25.8 Å². The van der Waals surface area contributed by atoms with Gasteiger partial charge in [0.25, 0.3) is 5.91 Å². The number of hydrogen-bond donors (Lipinski definition) is 1. The van der Waals surface area contributed by atoms with Crippen molar-refractivity contribution >= 4 is 48.9 Å². The van der Waals surface area contributed by atoms with Crippen molar-refractivity contribution in [2.24, 2.45) is 0 Å². The van der Waals surface area contributed by atoms with E-state index in [2.05, 4.69) is 10.3 Å². The number of nitriles is 1. The molecule has 1 amide bonds. The van der Waals surface area contributed by atoms with E-state index in [-0.39, 0.29) is 12.5 Å². The average Bonchev–Trinajstić information content (AvgIpc) is 3.12. The molecule has 0 aliphatic carbocycles. The van der Waals surface area contributed by atoms with Crippen LogP contribution in [0.25, 0.3) is 9.53 Å². The molecule has 0 bridgehead atoms. The fourth-order valence-electron chi connectivity index (χ4n) is 2.00. The van der Waals surface area contributed by atoms with Crippen LogP contribution >= 0.6 is 22.7 Å². The van der Waals surface area contributed by atoms with Gasteiger partial charge < -0.3 is 15.0 Å². The van der Waals surface area contributed by atoms with Gasteiger partial charge in [0.1, 0.15) is 16.6 Å². The summed E-state index contributed by atoms with van der Waals surface area (Å²) in [5.41, 5.74) is 0.620. The van der Waals surface area contributed by atoms with Gasteiger partial charge in [0.15, 0.2) is 11.7 Å². The summed E-state index contributed by atoms with van der Waals surface area (Å²) in [5, 5.41) is 12.3. The maximum atomic E-state index is 12.4. The van der Waals surface area contributed by atoms with Gasteiger partial charge in [-0.1, -0.05) is 17.4 Å². The zero-order valence-electron chi connectivity index (χ0n) is 13.1. The molecule has 0 radical (unpaired) electrons. The summed E-state index contributed by atoms with van der Waals surface area (Å²) in [7, 11) is 3.88. The Morgan fingerprint density at radius 1 is 1.38 bits per heavy atom. The van der Waals surface area contributed by atoms with Crippen molar-refractivity contribution < 1.29 is 9.53 Å². The quantitative estimate of drug-likeness (QED) is 0.754. The Kier molecular flexibility index (Phi) is 4.64. The van der Waals surface area contributed by atoms with Crippen molar-refractivity contribution in [1.82, 2.24) is 4.98 Å². The van der Waals surface area contributed by atoms with Gasteiger partial charge in [0.05, 0.1) is 9.58 Å². The monoisotopic (exact) mass is 358 g/mol. The molecule has 0 aliphatic rings. The normalized spacial score (nSPS) is 10.4. The number of rotatable bonds is 5. The molecule has 24 heavy (non-hydrogen) atoms. The highest BCUT2D eigenvalue weighted by Crippen LogP contribution is 2.34. The molecule has 1 N–H and O–H groups in total. The minimum absolute atomic E-state index is 0.0293. The van der Waals surface area contributed by atoms with E-state index < -0.39 is 0 Å².